The molecule has 0 rings (SSSR count). The van der Waals surface area contributed by atoms with Crippen LogP contribution >= 0.6 is 0 Å². The molecule has 0 aromatic carbocycles. The van der Waals surface area contributed by atoms with Gasteiger partial charge in [0.15, 0.2) is 0 Å². The number of aliphatic carboxylic acids is 1. The summed E-state index contributed by atoms with van der Waals surface area (Å²) in [6.07, 6.45) is -0.354. The molecule has 5 nitrogen and oxygen atoms in total. The van der Waals surface area contributed by atoms with Crippen LogP contribution in [0.25, 0.3) is 0 Å². The number of alkyl halides is 2. The molecule has 0 aliphatic carbocycles. The van der Waals surface area contributed by atoms with E-state index in [0.29, 0.717) is 0 Å². The normalized spacial score (nSPS) is 13.1. The summed E-state index contributed by atoms with van der Waals surface area (Å²) in [6, 6.07) is 0. The van der Waals surface area contributed by atoms with Gasteiger partial charge in [-0.15, -0.1) is 0 Å². The summed E-state index contributed by atoms with van der Waals surface area (Å²) in [5.41, 5.74) is -1.20. The quantitative estimate of drug-likeness (QED) is 0.724. The molecule has 0 amide bonds. The van der Waals surface area contributed by atoms with Crippen LogP contribution < -0.4 is 4.72 Å². The van der Waals surface area contributed by atoms with Gasteiger partial charge in [-0.2, -0.15) is 8.78 Å². The fourth-order valence-electron chi connectivity index (χ4n) is 0.900. The van der Waals surface area contributed by atoms with Gasteiger partial charge in [-0.1, -0.05) is 0 Å². The number of halogens is 2. The molecule has 2 N–H and O–H groups in total. The molecule has 0 saturated carbocycles. The second kappa shape index (κ2) is 4.84. The van der Waals surface area contributed by atoms with Crippen molar-refractivity contribution in [3.8, 4) is 0 Å². The minimum Gasteiger partial charge on any atom is -0.481 e. The zero-order valence-electron chi connectivity index (χ0n) is 8.33. The van der Waals surface area contributed by atoms with Gasteiger partial charge in [-0.25, -0.2) is 13.1 Å². The second-order valence-electron chi connectivity index (χ2n) is 3.69. The third kappa shape index (κ3) is 5.63. The van der Waals surface area contributed by atoms with Gasteiger partial charge in [0.2, 0.25) is 0 Å². The first-order valence-corrected chi connectivity index (χ1v) is 5.64. The van der Waals surface area contributed by atoms with Gasteiger partial charge in [-0.05, 0) is 20.3 Å². The Labute approximate surface area is 86.5 Å². The van der Waals surface area contributed by atoms with Crippen molar-refractivity contribution < 1.29 is 27.1 Å². The maximum atomic E-state index is 12.0. The molecule has 0 unspecified atom stereocenters. The van der Waals surface area contributed by atoms with Crippen molar-refractivity contribution in [1.82, 2.24) is 4.72 Å². The maximum absolute atomic E-state index is 12.0. The zero-order valence-corrected chi connectivity index (χ0v) is 9.14. The van der Waals surface area contributed by atoms with Gasteiger partial charge < -0.3 is 5.11 Å². The van der Waals surface area contributed by atoms with Gasteiger partial charge >= 0.3 is 11.7 Å². The van der Waals surface area contributed by atoms with E-state index in [1.807, 2.05) is 0 Å². The molecule has 90 valence electrons. The molecule has 0 heterocycles. The highest BCUT2D eigenvalue weighted by atomic mass is 32.2. The predicted molar refractivity (Wildman–Crippen MR) is 49.0 cm³/mol. The van der Waals surface area contributed by atoms with Gasteiger partial charge in [0.1, 0.15) is 0 Å². The summed E-state index contributed by atoms with van der Waals surface area (Å²) in [5.74, 6) is -4.62. The number of carboxylic acid groups (broad SMARTS) is 1. The van der Waals surface area contributed by atoms with E-state index >= 15 is 0 Å². The topological polar surface area (TPSA) is 83.5 Å². The molecule has 15 heavy (non-hydrogen) atoms. The Morgan fingerprint density at radius 1 is 1.47 bits per heavy atom. The first-order valence-electron chi connectivity index (χ1n) is 4.09. The number of nitrogens with one attached hydrogen (secondary N) is 1. The first kappa shape index (κ1) is 14.2. The van der Waals surface area contributed by atoms with Gasteiger partial charge in [0.05, 0.1) is 0 Å². The van der Waals surface area contributed by atoms with Crippen LogP contribution in [-0.4, -0.2) is 30.8 Å². The SMILES string of the molecule is CC(C)(CCC(=O)O)NS(=O)(=O)C(F)F. The predicted octanol–water partition coefficient (Wildman–Crippen LogP) is 0.772. The van der Waals surface area contributed by atoms with Crippen molar-refractivity contribution in [2.24, 2.45) is 0 Å². The summed E-state index contributed by atoms with van der Waals surface area (Å²) >= 11 is 0. The minimum absolute atomic E-state index is 0.0612. The number of carboxylic acids is 1. The summed E-state index contributed by atoms with van der Waals surface area (Å²) in [7, 11) is -4.68. The summed E-state index contributed by atoms with van der Waals surface area (Å²) < 4.78 is 47.3. The third-order valence-corrected chi connectivity index (χ3v) is 2.92. The average molecular weight is 245 g/mol. The van der Waals surface area contributed by atoms with Crippen LogP contribution in [0.5, 0.6) is 0 Å². The standard InChI is InChI=1S/C7H13F2NO4S/c1-7(2,4-3-5(11)12)10-15(13,14)6(8)9/h6,10H,3-4H2,1-2H3,(H,11,12). The molecule has 0 saturated heterocycles. The second-order valence-corrected chi connectivity index (χ2v) is 5.34. The van der Waals surface area contributed by atoms with Crippen LogP contribution in [0.1, 0.15) is 26.7 Å². The molecule has 0 aliphatic heterocycles. The lowest BCUT2D eigenvalue weighted by Gasteiger charge is -2.24. The van der Waals surface area contributed by atoms with Gasteiger partial charge in [-0.3, -0.25) is 4.79 Å². The highest BCUT2D eigenvalue weighted by Crippen LogP contribution is 2.15. The molecule has 0 fully saturated rings. The van der Waals surface area contributed by atoms with E-state index in [1.165, 1.54) is 13.8 Å². The number of rotatable bonds is 6. The van der Waals surface area contributed by atoms with Crippen molar-refractivity contribution in [3.05, 3.63) is 0 Å². The highest BCUT2D eigenvalue weighted by Gasteiger charge is 2.31. The van der Waals surface area contributed by atoms with Crippen molar-refractivity contribution >= 4 is 16.0 Å². The highest BCUT2D eigenvalue weighted by molar-refractivity contribution is 7.89. The van der Waals surface area contributed by atoms with E-state index in [2.05, 4.69) is 0 Å². The molecule has 8 heteroatoms. The van der Waals surface area contributed by atoms with E-state index in [-0.39, 0.29) is 12.8 Å². The van der Waals surface area contributed by atoms with Crippen LogP contribution in [0, 0.1) is 0 Å². The lowest BCUT2D eigenvalue weighted by Crippen LogP contribution is -2.45. The summed E-state index contributed by atoms with van der Waals surface area (Å²) in [5, 5.41) is 8.36. The Hall–Kier alpha value is -0.760. The fourth-order valence-corrected chi connectivity index (χ4v) is 1.86. The molecule has 0 spiro atoms. The zero-order chi connectivity index (χ0) is 12.3. The maximum Gasteiger partial charge on any atom is 0.350 e. The Morgan fingerprint density at radius 3 is 2.27 bits per heavy atom. The summed E-state index contributed by atoms with van der Waals surface area (Å²) in [6.45, 7) is 2.69. The molecule has 0 bridgehead atoms. The van der Waals surface area contributed by atoms with E-state index < -0.39 is 27.3 Å². The van der Waals surface area contributed by atoms with Crippen LogP contribution in [0.4, 0.5) is 8.78 Å². The van der Waals surface area contributed by atoms with Crippen molar-refractivity contribution in [3.63, 3.8) is 0 Å². The smallest absolute Gasteiger partial charge is 0.350 e. The largest absolute Gasteiger partial charge is 0.481 e. The van der Waals surface area contributed by atoms with E-state index in [4.69, 9.17) is 5.11 Å². The van der Waals surface area contributed by atoms with Crippen molar-refractivity contribution in [2.75, 3.05) is 0 Å². The van der Waals surface area contributed by atoms with Crippen LogP contribution in [0.3, 0.4) is 0 Å². The molecule has 0 aromatic heterocycles. The van der Waals surface area contributed by atoms with Crippen LogP contribution in [0.2, 0.25) is 0 Å². The average Bonchev–Trinajstić information content (AvgIpc) is 1.99. The number of sulfonamides is 1. The lowest BCUT2D eigenvalue weighted by molar-refractivity contribution is -0.137. The van der Waals surface area contributed by atoms with Crippen molar-refractivity contribution in [2.45, 2.75) is 38.0 Å². The monoisotopic (exact) mass is 245 g/mol. The molecular formula is C7H13F2NO4S. The van der Waals surface area contributed by atoms with E-state index in [9.17, 15) is 22.0 Å². The van der Waals surface area contributed by atoms with Crippen LogP contribution in [0.15, 0.2) is 0 Å². The van der Waals surface area contributed by atoms with Crippen molar-refractivity contribution in [1.29, 1.82) is 0 Å². The minimum atomic E-state index is -4.68. The first-order chi connectivity index (χ1) is 6.57. The summed E-state index contributed by atoms with van der Waals surface area (Å²) in [4.78, 5) is 10.2. The molecular weight excluding hydrogens is 232 g/mol. The number of hydrogen-bond acceptors (Lipinski definition) is 3. The van der Waals surface area contributed by atoms with E-state index in [0.717, 1.165) is 0 Å². The third-order valence-electron chi connectivity index (χ3n) is 1.62. The number of carbonyl (C=O) groups is 1. The van der Waals surface area contributed by atoms with Gasteiger partial charge in [0, 0.05) is 12.0 Å². The van der Waals surface area contributed by atoms with Crippen LogP contribution in [-0.2, 0) is 14.8 Å². The Morgan fingerprint density at radius 2 is 1.93 bits per heavy atom. The lowest BCUT2D eigenvalue weighted by atomic mass is 10.0. The van der Waals surface area contributed by atoms with Gasteiger partial charge in [0.25, 0.3) is 10.0 Å². The Kier molecular flexibility index (Phi) is 4.60. The van der Waals surface area contributed by atoms with E-state index in [1.54, 1.807) is 4.72 Å². The molecule has 0 radical (unpaired) electrons. The molecule has 0 atom stereocenters. The fraction of sp³-hybridized carbons (Fsp3) is 0.857. The Bertz CT molecular complexity index is 326. The molecule has 0 aliphatic rings. The molecule has 0 aromatic rings. The Balaban J connectivity index is 4.44. The number of hydrogen-bond donors (Lipinski definition) is 2.